The topological polar surface area (TPSA) is 93.5 Å². The van der Waals surface area contributed by atoms with Crippen LogP contribution in [0.15, 0.2) is 33.8 Å². The Morgan fingerprint density at radius 2 is 2.09 bits per heavy atom. The van der Waals surface area contributed by atoms with Crippen LogP contribution in [0.4, 0.5) is 5.00 Å². The van der Waals surface area contributed by atoms with Crippen molar-refractivity contribution in [2.24, 2.45) is 5.10 Å². The number of amides is 1. The van der Waals surface area contributed by atoms with E-state index >= 15 is 0 Å². The van der Waals surface area contributed by atoms with Gasteiger partial charge in [-0.15, -0.1) is 0 Å². The van der Waals surface area contributed by atoms with E-state index in [0.29, 0.717) is 16.3 Å². The fourth-order valence-electron chi connectivity index (χ4n) is 2.46. The van der Waals surface area contributed by atoms with Gasteiger partial charge in [0.1, 0.15) is 10.6 Å². The second kappa shape index (κ2) is 5.85. The molecule has 23 heavy (non-hydrogen) atoms. The Kier molecular flexibility index (Phi) is 3.87. The largest absolute Gasteiger partial charge is 0.451 e. The first-order valence-electron chi connectivity index (χ1n) is 7.04. The zero-order valence-corrected chi connectivity index (χ0v) is 13.8. The highest BCUT2D eigenvalue weighted by Gasteiger charge is 2.17. The highest BCUT2D eigenvalue weighted by molar-refractivity contribution is 7.10. The van der Waals surface area contributed by atoms with E-state index in [4.69, 9.17) is 10.2 Å². The second-order valence-electron chi connectivity index (χ2n) is 5.20. The number of furan rings is 1. The molecule has 2 aromatic heterocycles. The Morgan fingerprint density at radius 1 is 1.35 bits per heavy atom. The third-order valence-corrected chi connectivity index (χ3v) is 4.39. The molecule has 0 saturated carbocycles. The van der Waals surface area contributed by atoms with Crippen molar-refractivity contribution in [3.8, 4) is 0 Å². The van der Waals surface area contributed by atoms with Crippen LogP contribution in [-0.2, 0) is 0 Å². The Bertz CT molecular complexity index is 904. The fraction of sp³-hybridized carbons (Fsp3) is 0.188. The smallest absolute Gasteiger partial charge is 0.307 e. The number of fused-ring (bicyclic) bond motifs is 1. The van der Waals surface area contributed by atoms with E-state index in [1.807, 2.05) is 38.1 Å². The summed E-state index contributed by atoms with van der Waals surface area (Å²) in [4.78, 5) is 12.3. The number of nitrogens with zero attached hydrogens (tertiary/aromatic N) is 2. The molecular formula is C16H16N4O2S. The summed E-state index contributed by atoms with van der Waals surface area (Å²) in [6.45, 7) is 5.48. The minimum absolute atomic E-state index is 0.260. The number of carbonyl (C=O) groups is 1. The summed E-state index contributed by atoms with van der Waals surface area (Å²) < 4.78 is 9.78. The first kappa shape index (κ1) is 15.2. The number of hydrogen-bond acceptors (Lipinski definition) is 6. The Labute approximate surface area is 137 Å². The third kappa shape index (κ3) is 2.70. The van der Waals surface area contributed by atoms with Crippen LogP contribution in [0.3, 0.4) is 0 Å². The van der Waals surface area contributed by atoms with Crippen molar-refractivity contribution >= 4 is 39.1 Å². The van der Waals surface area contributed by atoms with E-state index in [0.717, 1.165) is 22.2 Å². The quantitative estimate of drug-likeness (QED) is 0.570. The van der Waals surface area contributed by atoms with Crippen molar-refractivity contribution in [1.29, 1.82) is 0 Å². The maximum Gasteiger partial charge on any atom is 0.307 e. The molecule has 0 saturated heterocycles. The van der Waals surface area contributed by atoms with Crippen molar-refractivity contribution in [2.45, 2.75) is 20.8 Å². The number of nitrogens with two attached hydrogens (primary N) is 1. The highest BCUT2D eigenvalue weighted by Crippen LogP contribution is 2.25. The Balaban J connectivity index is 1.86. The molecular weight excluding hydrogens is 312 g/mol. The molecule has 118 valence electrons. The monoisotopic (exact) mass is 328 g/mol. The van der Waals surface area contributed by atoms with Gasteiger partial charge >= 0.3 is 5.91 Å². The lowest BCUT2D eigenvalue weighted by molar-refractivity contribution is 0.0928. The SMILES string of the molecule is C/C(=N/NC(=O)c1oc2ccccc2c1C)c1c(C)nsc1N. The summed E-state index contributed by atoms with van der Waals surface area (Å²) in [6, 6.07) is 7.52. The average Bonchev–Trinajstić information content (AvgIpc) is 3.05. The number of rotatable bonds is 3. The molecule has 2 heterocycles. The number of aryl methyl sites for hydroxylation is 2. The van der Waals surface area contributed by atoms with Crippen LogP contribution in [0.1, 0.15) is 34.3 Å². The number of carbonyl (C=O) groups excluding carboxylic acids is 1. The van der Waals surface area contributed by atoms with Crippen LogP contribution in [0.25, 0.3) is 11.0 Å². The Hall–Kier alpha value is -2.67. The summed E-state index contributed by atoms with van der Waals surface area (Å²) in [7, 11) is 0. The number of nitrogen functional groups attached to an aromatic ring is 1. The summed E-state index contributed by atoms with van der Waals surface area (Å²) >= 11 is 1.21. The molecule has 0 radical (unpaired) electrons. The maximum absolute atomic E-state index is 12.3. The zero-order valence-electron chi connectivity index (χ0n) is 13.0. The second-order valence-corrected chi connectivity index (χ2v) is 6.00. The number of para-hydroxylation sites is 1. The molecule has 6 nitrogen and oxygen atoms in total. The molecule has 1 aromatic carbocycles. The van der Waals surface area contributed by atoms with E-state index in [-0.39, 0.29) is 5.76 Å². The van der Waals surface area contributed by atoms with Gasteiger partial charge in [-0.05, 0) is 38.4 Å². The van der Waals surface area contributed by atoms with Crippen LogP contribution in [0, 0.1) is 13.8 Å². The van der Waals surface area contributed by atoms with Gasteiger partial charge in [0, 0.05) is 10.9 Å². The first-order valence-corrected chi connectivity index (χ1v) is 7.81. The normalized spacial score (nSPS) is 11.9. The van der Waals surface area contributed by atoms with Crippen LogP contribution in [-0.4, -0.2) is 16.0 Å². The third-order valence-electron chi connectivity index (χ3n) is 3.63. The lowest BCUT2D eigenvalue weighted by Gasteiger charge is -2.02. The van der Waals surface area contributed by atoms with E-state index in [2.05, 4.69) is 14.9 Å². The number of aromatic nitrogens is 1. The average molecular weight is 328 g/mol. The van der Waals surface area contributed by atoms with Gasteiger partial charge in [-0.3, -0.25) is 4.79 Å². The molecule has 7 heteroatoms. The van der Waals surface area contributed by atoms with Crippen molar-refractivity contribution in [3.05, 3.63) is 46.8 Å². The van der Waals surface area contributed by atoms with Gasteiger partial charge in [-0.25, -0.2) is 5.43 Å². The lowest BCUT2D eigenvalue weighted by Crippen LogP contribution is -2.19. The highest BCUT2D eigenvalue weighted by atomic mass is 32.1. The fourth-order valence-corrected chi connectivity index (χ4v) is 3.17. The number of hydrazone groups is 1. The lowest BCUT2D eigenvalue weighted by atomic mass is 10.1. The minimum Gasteiger partial charge on any atom is -0.451 e. The maximum atomic E-state index is 12.3. The van der Waals surface area contributed by atoms with Gasteiger partial charge in [-0.2, -0.15) is 9.47 Å². The minimum atomic E-state index is -0.391. The van der Waals surface area contributed by atoms with Crippen LogP contribution in [0.2, 0.25) is 0 Å². The summed E-state index contributed by atoms with van der Waals surface area (Å²) in [6.07, 6.45) is 0. The standard InChI is InChI=1S/C16H16N4O2S/c1-8-11-6-4-5-7-12(11)22-14(8)16(21)19-18-9(2)13-10(3)20-23-15(13)17/h4-7H,17H2,1-3H3,(H,19,21)/b18-9-. The first-order chi connectivity index (χ1) is 11.0. The van der Waals surface area contributed by atoms with E-state index in [1.54, 1.807) is 6.92 Å². The molecule has 0 atom stereocenters. The molecule has 0 aliphatic carbocycles. The van der Waals surface area contributed by atoms with Crippen LogP contribution < -0.4 is 11.2 Å². The summed E-state index contributed by atoms with van der Waals surface area (Å²) in [5.74, 6) is -0.131. The summed E-state index contributed by atoms with van der Waals surface area (Å²) in [5.41, 5.74) is 12.0. The van der Waals surface area contributed by atoms with Gasteiger partial charge in [0.15, 0.2) is 5.76 Å². The molecule has 0 aliphatic rings. The van der Waals surface area contributed by atoms with E-state index in [1.165, 1.54) is 11.5 Å². The van der Waals surface area contributed by atoms with Gasteiger partial charge < -0.3 is 10.2 Å². The predicted molar refractivity (Wildman–Crippen MR) is 91.9 cm³/mol. The van der Waals surface area contributed by atoms with Gasteiger partial charge in [0.05, 0.1) is 17.0 Å². The molecule has 0 spiro atoms. The molecule has 3 rings (SSSR count). The number of benzene rings is 1. The van der Waals surface area contributed by atoms with Gasteiger partial charge in [-0.1, -0.05) is 18.2 Å². The molecule has 0 aliphatic heterocycles. The predicted octanol–water partition coefficient (Wildman–Crippen LogP) is 3.24. The van der Waals surface area contributed by atoms with Crippen LogP contribution in [0.5, 0.6) is 0 Å². The molecule has 3 aromatic rings. The van der Waals surface area contributed by atoms with Crippen molar-refractivity contribution in [3.63, 3.8) is 0 Å². The Morgan fingerprint density at radius 3 is 2.74 bits per heavy atom. The molecule has 0 bridgehead atoms. The molecule has 0 fully saturated rings. The van der Waals surface area contributed by atoms with Crippen LogP contribution >= 0.6 is 11.5 Å². The molecule has 0 unspecified atom stereocenters. The number of hydrogen-bond donors (Lipinski definition) is 2. The number of nitrogens with one attached hydrogen (secondary N) is 1. The van der Waals surface area contributed by atoms with Crippen molar-refractivity contribution < 1.29 is 9.21 Å². The molecule has 3 N–H and O–H groups in total. The molecule has 1 amide bonds. The number of anilines is 1. The zero-order chi connectivity index (χ0) is 16.6. The van der Waals surface area contributed by atoms with Crippen molar-refractivity contribution in [1.82, 2.24) is 9.80 Å². The van der Waals surface area contributed by atoms with Gasteiger partial charge in [0.25, 0.3) is 0 Å². The summed E-state index contributed by atoms with van der Waals surface area (Å²) in [5, 5.41) is 5.62. The van der Waals surface area contributed by atoms with E-state index < -0.39 is 5.91 Å². The van der Waals surface area contributed by atoms with Crippen molar-refractivity contribution in [2.75, 3.05) is 5.73 Å². The van der Waals surface area contributed by atoms with E-state index in [9.17, 15) is 4.79 Å². The van der Waals surface area contributed by atoms with Gasteiger partial charge in [0.2, 0.25) is 0 Å².